The zero-order valence-corrected chi connectivity index (χ0v) is 12.1. The molecule has 0 saturated heterocycles. The summed E-state index contributed by atoms with van der Waals surface area (Å²) >= 11 is 0. The largest absolute Gasteiger partial charge is 0.377 e. The van der Waals surface area contributed by atoms with Crippen LogP contribution in [0.3, 0.4) is 0 Å². The van der Waals surface area contributed by atoms with Crippen LogP contribution >= 0.6 is 0 Å². The quantitative estimate of drug-likeness (QED) is 0.858. The molecule has 0 atom stereocenters. The van der Waals surface area contributed by atoms with Crippen molar-refractivity contribution >= 4 is 17.3 Å². The third-order valence-corrected chi connectivity index (χ3v) is 3.14. The Balaban J connectivity index is 2.93. The minimum atomic E-state index is -0.580. The Hall–Kier alpha value is -1.55. The van der Waals surface area contributed by atoms with E-state index >= 15 is 0 Å². The summed E-state index contributed by atoms with van der Waals surface area (Å²) in [6.07, 6.45) is 0. The normalized spacial score (nSPS) is 11.2. The van der Waals surface area contributed by atoms with E-state index in [4.69, 9.17) is 0 Å². The van der Waals surface area contributed by atoms with Crippen LogP contribution in [0.1, 0.15) is 19.4 Å². The summed E-state index contributed by atoms with van der Waals surface area (Å²) in [4.78, 5) is 14.1. The number of hydrogen-bond acceptors (Lipinski definition) is 3. The number of nitrogens with one attached hydrogen (secondary N) is 2. The zero-order valence-electron chi connectivity index (χ0n) is 12.1. The summed E-state index contributed by atoms with van der Waals surface area (Å²) in [7, 11) is 5.76. The van der Waals surface area contributed by atoms with Crippen molar-refractivity contribution in [2.24, 2.45) is 0 Å². The van der Waals surface area contributed by atoms with Gasteiger partial charge in [0.1, 0.15) is 0 Å². The van der Waals surface area contributed by atoms with Crippen LogP contribution in [0.4, 0.5) is 11.4 Å². The Bertz CT molecular complexity index is 439. The van der Waals surface area contributed by atoms with Crippen molar-refractivity contribution in [3.63, 3.8) is 0 Å². The smallest absolute Gasteiger partial charge is 0.244 e. The molecule has 2 N–H and O–H groups in total. The third-order valence-electron chi connectivity index (χ3n) is 3.14. The lowest BCUT2D eigenvalue weighted by Gasteiger charge is -2.23. The van der Waals surface area contributed by atoms with Gasteiger partial charge in [-0.05, 0) is 45.5 Å². The molecule has 0 aliphatic heterocycles. The number of carbonyl (C=O) groups excluding carboxylic acids is 1. The Kier molecular flexibility index (Phi) is 4.35. The van der Waals surface area contributed by atoms with Crippen molar-refractivity contribution in [1.82, 2.24) is 5.32 Å². The molecule has 1 rings (SSSR count). The first-order valence-electron chi connectivity index (χ1n) is 6.06. The molecule has 100 valence electrons. The lowest BCUT2D eigenvalue weighted by Crippen LogP contribution is -2.47. The summed E-state index contributed by atoms with van der Waals surface area (Å²) in [5.74, 6) is -0.0430. The molecule has 0 aliphatic rings. The summed E-state index contributed by atoms with van der Waals surface area (Å²) in [5, 5.41) is 5.92. The molecule has 0 saturated carbocycles. The SMILES string of the molecule is CNC(C)(C)C(=O)Nc1ccc(C)c(N(C)C)c1. The van der Waals surface area contributed by atoms with Gasteiger partial charge in [0.2, 0.25) is 5.91 Å². The maximum atomic E-state index is 12.0. The highest BCUT2D eigenvalue weighted by molar-refractivity contribution is 5.97. The average molecular weight is 249 g/mol. The van der Waals surface area contributed by atoms with Gasteiger partial charge in [-0.25, -0.2) is 0 Å². The van der Waals surface area contributed by atoms with Gasteiger partial charge < -0.3 is 15.5 Å². The number of anilines is 2. The fraction of sp³-hybridized carbons (Fsp3) is 0.500. The molecule has 1 aromatic carbocycles. The first-order chi connectivity index (χ1) is 8.27. The zero-order chi connectivity index (χ0) is 13.9. The average Bonchev–Trinajstić information content (AvgIpc) is 2.31. The van der Waals surface area contributed by atoms with Gasteiger partial charge in [-0.1, -0.05) is 6.07 Å². The molecule has 4 nitrogen and oxygen atoms in total. The van der Waals surface area contributed by atoms with Crippen molar-refractivity contribution in [1.29, 1.82) is 0 Å². The second-order valence-corrected chi connectivity index (χ2v) is 5.22. The summed E-state index contributed by atoms with van der Waals surface area (Å²) < 4.78 is 0. The Morgan fingerprint density at radius 1 is 1.28 bits per heavy atom. The van der Waals surface area contributed by atoms with Crippen LogP contribution in [0.15, 0.2) is 18.2 Å². The van der Waals surface area contributed by atoms with Crippen molar-refractivity contribution < 1.29 is 4.79 Å². The molecule has 0 heterocycles. The maximum Gasteiger partial charge on any atom is 0.244 e. The number of amides is 1. The minimum absolute atomic E-state index is 0.0430. The molecule has 0 radical (unpaired) electrons. The molecule has 1 aromatic rings. The third kappa shape index (κ3) is 3.23. The molecule has 18 heavy (non-hydrogen) atoms. The molecule has 0 fully saturated rings. The van der Waals surface area contributed by atoms with Gasteiger partial charge in [0.05, 0.1) is 5.54 Å². The highest BCUT2D eigenvalue weighted by atomic mass is 16.2. The van der Waals surface area contributed by atoms with Crippen LogP contribution in [0, 0.1) is 6.92 Å². The van der Waals surface area contributed by atoms with E-state index in [1.807, 2.05) is 51.0 Å². The lowest BCUT2D eigenvalue weighted by atomic mass is 10.0. The molecule has 0 unspecified atom stereocenters. The summed E-state index contributed by atoms with van der Waals surface area (Å²) in [5.41, 5.74) is 2.53. The molecule has 4 heteroatoms. The number of carbonyl (C=O) groups is 1. The molecule has 0 spiro atoms. The minimum Gasteiger partial charge on any atom is -0.377 e. The number of benzene rings is 1. The van der Waals surface area contributed by atoms with E-state index in [1.54, 1.807) is 7.05 Å². The van der Waals surface area contributed by atoms with E-state index < -0.39 is 5.54 Å². The van der Waals surface area contributed by atoms with Crippen molar-refractivity contribution in [2.45, 2.75) is 26.3 Å². The lowest BCUT2D eigenvalue weighted by molar-refractivity contribution is -0.121. The van der Waals surface area contributed by atoms with Gasteiger partial charge in [0.15, 0.2) is 0 Å². The molecule has 0 aromatic heterocycles. The van der Waals surface area contributed by atoms with Crippen molar-refractivity contribution in [3.05, 3.63) is 23.8 Å². The monoisotopic (exact) mass is 249 g/mol. The predicted octanol–water partition coefficient (Wildman–Crippen LogP) is 2.00. The van der Waals surface area contributed by atoms with E-state index in [-0.39, 0.29) is 5.91 Å². The van der Waals surface area contributed by atoms with E-state index in [0.29, 0.717) is 0 Å². The first-order valence-corrected chi connectivity index (χ1v) is 6.06. The Labute approximate surface area is 109 Å². The molecular weight excluding hydrogens is 226 g/mol. The van der Waals surface area contributed by atoms with Crippen LogP contribution in [0.5, 0.6) is 0 Å². The Morgan fingerprint density at radius 3 is 2.39 bits per heavy atom. The van der Waals surface area contributed by atoms with Crippen LogP contribution in [-0.4, -0.2) is 32.6 Å². The van der Waals surface area contributed by atoms with Gasteiger partial charge in [0.25, 0.3) is 0 Å². The number of nitrogens with zero attached hydrogens (tertiary/aromatic N) is 1. The topological polar surface area (TPSA) is 44.4 Å². The van der Waals surface area contributed by atoms with Crippen molar-refractivity contribution in [2.75, 3.05) is 31.4 Å². The molecule has 0 aliphatic carbocycles. The Morgan fingerprint density at radius 2 is 1.89 bits per heavy atom. The predicted molar refractivity (Wildman–Crippen MR) is 77.3 cm³/mol. The van der Waals surface area contributed by atoms with Gasteiger partial charge >= 0.3 is 0 Å². The van der Waals surface area contributed by atoms with E-state index in [0.717, 1.165) is 11.4 Å². The van der Waals surface area contributed by atoms with Crippen LogP contribution < -0.4 is 15.5 Å². The summed E-state index contributed by atoms with van der Waals surface area (Å²) in [6, 6.07) is 5.92. The number of aryl methyl sites for hydroxylation is 1. The maximum absolute atomic E-state index is 12.0. The number of likely N-dealkylation sites (N-methyl/N-ethyl adjacent to an activating group) is 1. The number of hydrogen-bond donors (Lipinski definition) is 2. The fourth-order valence-corrected chi connectivity index (χ4v) is 1.57. The second-order valence-electron chi connectivity index (χ2n) is 5.22. The van der Waals surface area contributed by atoms with E-state index in [1.165, 1.54) is 5.56 Å². The van der Waals surface area contributed by atoms with Crippen LogP contribution in [0.2, 0.25) is 0 Å². The number of rotatable bonds is 4. The molecular formula is C14H23N3O. The fourth-order valence-electron chi connectivity index (χ4n) is 1.57. The highest BCUT2D eigenvalue weighted by Crippen LogP contribution is 2.23. The van der Waals surface area contributed by atoms with Gasteiger partial charge in [-0.2, -0.15) is 0 Å². The highest BCUT2D eigenvalue weighted by Gasteiger charge is 2.25. The summed E-state index contributed by atoms with van der Waals surface area (Å²) in [6.45, 7) is 5.76. The van der Waals surface area contributed by atoms with E-state index in [9.17, 15) is 4.79 Å². The standard InChI is InChI=1S/C14H23N3O/c1-10-7-8-11(9-12(10)17(5)6)16-13(18)14(2,3)15-4/h7-9,15H,1-6H3,(H,16,18). The van der Waals surface area contributed by atoms with Crippen molar-refractivity contribution in [3.8, 4) is 0 Å². The molecule has 0 bridgehead atoms. The second kappa shape index (κ2) is 5.40. The first kappa shape index (κ1) is 14.5. The molecule has 1 amide bonds. The van der Waals surface area contributed by atoms with Crippen LogP contribution in [-0.2, 0) is 4.79 Å². The van der Waals surface area contributed by atoms with E-state index in [2.05, 4.69) is 17.6 Å². The van der Waals surface area contributed by atoms with Gasteiger partial charge in [-0.15, -0.1) is 0 Å². The van der Waals surface area contributed by atoms with Gasteiger partial charge in [-0.3, -0.25) is 4.79 Å². The van der Waals surface area contributed by atoms with Gasteiger partial charge in [0, 0.05) is 25.5 Å². The van der Waals surface area contributed by atoms with Crippen LogP contribution in [0.25, 0.3) is 0 Å².